The Labute approximate surface area is 166 Å². The van der Waals surface area contributed by atoms with Gasteiger partial charge in [-0.05, 0) is 46.6 Å². The lowest BCUT2D eigenvalue weighted by Crippen LogP contribution is -2.14. The first-order valence-electron chi connectivity index (χ1n) is 8.41. The molecular weight excluding hydrogens is 408 g/mol. The average Bonchev–Trinajstić information content (AvgIpc) is 2.68. The van der Waals surface area contributed by atoms with Crippen LogP contribution in [0.1, 0.15) is 21.5 Å². The summed E-state index contributed by atoms with van der Waals surface area (Å²) in [7, 11) is 1.56. The molecule has 0 bridgehead atoms. The minimum atomic E-state index is -0.493. The van der Waals surface area contributed by atoms with Crippen LogP contribution in [0.3, 0.4) is 0 Å². The van der Waals surface area contributed by atoms with E-state index in [1.165, 1.54) is 0 Å². The van der Waals surface area contributed by atoms with Crippen molar-refractivity contribution in [3.8, 4) is 17.2 Å². The summed E-state index contributed by atoms with van der Waals surface area (Å²) in [6.45, 7) is 2.14. The summed E-state index contributed by atoms with van der Waals surface area (Å²) in [6, 6.07) is 20.4. The van der Waals surface area contributed by atoms with Crippen LogP contribution in [0, 0.1) is 6.92 Å². The molecule has 0 radical (unpaired) electrons. The van der Waals surface area contributed by atoms with Crippen LogP contribution < -0.4 is 14.2 Å². The lowest BCUT2D eigenvalue weighted by molar-refractivity contribution is 0.0728. The predicted molar refractivity (Wildman–Crippen MR) is 108 cm³/mol. The lowest BCUT2D eigenvalue weighted by atomic mass is 10.1. The first kappa shape index (κ1) is 19.0. The van der Waals surface area contributed by atoms with Gasteiger partial charge in [-0.2, -0.15) is 0 Å². The number of carbonyl (C=O) groups is 1. The molecule has 0 atom stereocenters. The van der Waals surface area contributed by atoms with Crippen molar-refractivity contribution in [1.29, 1.82) is 0 Å². The molecule has 5 heteroatoms. The molecule has 0 aliphatic heterocycles. The van der Waals surface area contributed by atoms with E-state index in [1.807, 2.05) is 48.5 Å². The maximum absolute atomic E-state index is 12.9. The molecule has 0 saturated heterocycles. The SMILES string of the molecule is COc1c(Br)cc(OCc2ccccc2)c(C(=O)Oc2ccccc2)c1C. The van der Waals surface area contributed by atoms with Crippen molar-refractivity contribution < 1.29 is 19.0 Å². The third-order valence-corrected chi connectivity index (χ3v) is 4.62. The Morgan fingerprint density at radius 2 is 1.63 bits per heavy atom. The van der Waals surface area contributed by atoms with E-state index in [2.05, 4.69) is 15.9 Å². The molecule has 0 heterocycles. The van der Waals surface area contributed by atoms with Crippen molar-refractivity contribution in [2.24, 2.45) is 0 Å². The number of esters is 1. The van der Waals surface area contributed by atoms with Gasteiger partial charge < -0.3 is 14.2 Å². The number of rotatable bonds is 6. The van der Waals surface area contributed by atoms with Crippen LogP contribution in [0.15, 0.2) is 71.2 Å². The Morgan fingerprint density at radius 3 is 2.26 bits per heavy atom. The van der Waals surface area contributed by atoms with E-state index in [1.54, 1.807) is 32.2 Å². The smallest absolute Gasteiger partial charge is 0.347 e. The minimum absolute atomic E-state index is 0.338. The van der Waals surface area contributed by atoms with Crippen molar-refractivity contribution in [3.63, 3.8) is 0 Å². The van der Waals surface area contributed by atoms with Crippen molar-refractivity contribution in [2.75, 3.05) is 7.11 Å². The number of para-hydroxylation sites is 1. The van der Waals surface area contributed by atoms with Crippen LogP contribution in [0.2, 0.25) is 0 Å². The highest BCUT2D eigenvalue weighted by Crippen LogP contribution is 2.38. The molecule has 0 unspecified atom stereocenters. The van der Waals surface area contributed by atoms with Crippen LogP contribution in [0.25, 0.3) is 0 Å². The molecule has 3 aromatic rings. The summed E-state index contributed by atoms with van der Waals surface area (Å²) in [5, 5.41) is 0. The molecule has 0 aliphatic rings. The third kappa shape index (κ3) is 4.49. The van der Waals surface area contributed by atoms with Crippen LogP contribution in [-0.2, 0) is 6.61 Å². The fourth-order valence-electron chi connectivity index (χ4n) is 2.73. The second-order valence-corrected chi connectivity index (χ2v) is 6.72. The number of ether oxygens (including phenoxy) is 3. The van der Waals surface area contributed by atoms with Gasteiger partial charge in [0.25, 0.3) is 0 Å². The normalized spacial score (nSPS) is 10.3. The molecule has 0 N–H and O–H groups in total. The third-order valence-electron chi connectivity index (χ3n) is 4.04. The molecule has 4 nitrogen and oxygen atoms in total. The lowest BCUT2D eigenvalue weighted by Gasteiger charge is -2.17. The highest BCUT2D eigenvalue weighted by atomic mass is 79.9. The Morgan fingerprint density at radius 1 is 1.00 bits per heavy atom. The Kier molecular flexibility index (Phi) is 6.14. The Hall–Kier alpha value is -2.79. The minimum Gasteiger partial charge on any atom is -0.495 e. The van der Waals surface area contributed by atoms with Crippen molar-refractivity contribution in [2.45, 2.75) is 13.5 Å². The van der Waals surface area contributed by atoms with Gasteiger partial charge in [0.05, 0.1) is 11.6 Å². The quantitative estimate of drug-likeness (QED) is 0.382. The van der Waals surface area contributed by atoms with Crippen molar-refractivity contribution >= 4 is 21.9 Å². The second-order valence-electron chi connectivity index (χ2n) is 5.87. The first-order chi connectivity index (χ1) is 13.1. The van der Waals surface area contributed by atoms with Gasteiger partial charge in [0.15, 0.2) is 0 Å². The molecule has 0 aromatic heterocycles. The summed E-state index contributed by atoms with van der Waals surface area (Å²) in [4.78, 5) is 12.9. The van der Waals surface area contributed by atoms with Gasteiger partial charge in [-0.25, -0.2) is 4.79 Å². The number of benzene rings is 3. The summed E-state index contributed by atoms with van der Waals surface area (Å²) in [5.74, 6) is 0.984. The van der Waals surface area contributed by atoms with E-state index < -0.39 is 5.97 Å². The molecule has 3 aromatic carbocycles. The van der Waals surface area contributed by atoms with Crippen molar-refractivity contribution in [3.05, 3.63) is 87.9 Å². The number of carbonyl (C=O) groups excluding carboxylic acids is 1. The van der Waals surface area contributed by atoms with E-state index in [9.17, 15) is 4.79 Å². The second kappa shape index (κ2) is 8.73. The van der Waals surface area contributed by atoms with Crippen LogP contribution in [0.4, 0.5) is 0 Å². The van der Waals surface area contributed by atoms with Gasteiger partial charge in [-0.15, -0.1) is 0 Å². The van der Waals surface area contributed by atoms with Crippen LogP contribution >= 0.6 is 15.9 Å². The molecule has 0 saturated carbocycles. The molecule has 0 spiro atoms. The topological polar surface area (TPSA) is 44.8 Å². The summed E-state index contributed by atoms with van der Waals surface area (Å²) >= 11 is 3.48. The molecule has 0 aliphatic carbocycles. The molecular formula is C22H19BrO4. The number of hydrogen-bond acceptors (Lipinski definition) is 4. The number of hydrogen-bond donors (Lipinski definition) is 0. The van der Waals surface area contributed by atoms with Gasteiger partial charge in [0.1, 0.15) is 29.4 Å². The molecule has 27 heavy (non-hydrogen) atoms. The van der Waals surface area contributed by atoms with Crippen molar-refractivity contribution in [1.82, 2.24) is 0 Å². The number of methoxy groups -OCH3 is 1. The summed E-state index contributed by atoms with van der Waals surface area (Å²) in [6.07, 6.45) is 0. The highest BCUT2D eigenvalue weighted by Gasteiger charge is 2.23. The zero-order valence-electron chi connectivity index (χ0n) is 15.1. The zero-order chi connectivity index (χ0) is 19.2. The zero-order valence-corrected chi connectivity index (χ0v) is 16.7. The summed E-state index contributed by atoms with van der Waals surface area (Å²) in [5.41, 5.74) is 2.00. The molecule has 138 valence electrons. The van der Waals surface area contributed by atoms with Crippen LogP contribution in [0.5, 0.6) is 17.2 Å². The first-order valence-corrected chi connectivity index (χ1v) is 9.20. The molecule has 0 fully saturated rings. The molecule has 3 rings (SSSR count). The maximum Gasteiger partial charge on any atom is 0.347 e. The fourth-order valence-corrected chi connectivity index (χ4v) is 3.40. The maximum atomic E-state index is 12.9. The van der Waals surface area contributed by atoms with E-state index in [-0.39, 0.29) is 0 Å². The van der Waals surface area contributed by atoms with E-state index in [0.717, 1.165) is 5.56 Å². The van der Waals surface area contributed by atoms with E-state index >= 15 is 0 Å². The molecule has 0 amide bonds. The van der Waals surface area contributed by atoms with Crippen LogP contribution in [-0.4, -0.2) is 13.1 Å². The highest BCUT2D eigenvalue weighted by molar-refractivity contribution is 9.10. The van der Waals surface area contributed by atoms with Gasteiger partial charge in [0, 0.05) is 5.56 Å². The predicted octanol–water partition coefficient (Wildman–Crippen LogP) is 5.56. The Bertz CT molecular complexity index is 924. The average molecular weight is 427 g/mol. The Balaban J connectivity index is 1.94. The number of halogens is 1. The summed E-state index contributed by atoms with van der Waals surface area (Å²) < 4.78 is 17.6. The van der Waals surface area contributed by atoms with E-state index in [0.29, 0.717) is 39.5 Å². The monoisotopic (exact) mass is 426 g/mol. The fraction of sp³-hybridized carbons (Fsp3) is 0.136. The van der Waals surface area contributed by atoms with Gasteiger partial charge >= 0.3 is 5.97 Å². The van der Waals surface area contributed by atoms with Gasteiger partial charge in [-0.3, -0.25) is 0 Å². The van der Waals surface area contributed by atoms with Gasteiger partial charge in [-0.1, -0.05) is 48.5 Å². The van der Waals surface area contributed by atoms with Gasteiger partial charge in [0.2, 0.25) is 0 Å². The largest absolute Gasteiger partial charge is 0.495 e. The van der Waals surface area contributed by atoms with E-state index in [4.69, 9.17) is 14.2 Å². The standard InChI is InChI=1S/C22H19BrO4/c1-15-20(22(24)27-17-11-7-4-8-12-17)19(13-18(23)21(15)25-2)26-14-16-9-5-3-6-10-16/h3-13H,14H2,1-2H3.